The normalized spacial score (nSPS) is 13.9. The summed E-state index contributed by atoms with van der Waals surface area (Å²) in [6, 6.07) is 5.88. The fraction of sp³-hybridized carbons (Fsp3) is 0.400. The molecule has 1 aromatic carbocycles. The summed E-state index contributed by atoms with van der Waals surface area (Å²) in [6.07, 6.45) is 5.27. The highest BCUT2D eigenvalue weighted by molar-refractivity contribution is 5.71. The highest BCUT2D eigenvalue weighted by Crippen LogP contribution is 2.33. The molecule has 1 aromatic heterocycles. The van der Waals surface area contributed by atoms with E-state index in [1.54, 1.807) is 18.3 Å². The third-order valence-corrected chi connectivity index (χ3v) is 4.67. The third kappa shape index (κ3) is 4.93. The molecule has 27 heavy (non-hydrogen) atoms. The van der Waals surface area contributed by atoms with Crippen molar-refractivity contribution in [3.8, 4) is 17.0 Å². The molecule has 0 amide bonds. The van der Waals surface area contributed by atoms with Gasteiger partial charge >= 0.3 is 5.97 Å². The van der Waals surface area contributed by atoms with Gasteiger partial charge in [0.2, 0.25) is 5.88 Å². The topological polar surface area (TPSA) is 71.5 Å². The van der Waals surface area contributed by atoms with Crippen molar-refractivity contribution in [2.75, 3.05) is 18.5 Å². The van der Waals surface area contributed by atoms with Gasteiger partial charge in [-0.3, -0.25) is 4.79 Å². The number of halogens is 2. The number of carboxylic acids is 1. The van der Waals surface area contributed by atoms with Crippen LogP contribution in [0.4, 0.5) is 14.5 Å². The number of hydrogen-bond acceptors (Lipinski definition) is 4. The number of anilines is 1. The molecule has 0 bridgehead atoms. The first-order valence-corrected chi connectivity index (χ1v) is 9.07. The van der Waals surface area contributed by atoms with E-state index in [0.717, 1.165) is 12.8 Å². The van der Waals surface area contributed by atoms with Crippen molar-refractivity contribution < 1.29 is 23.4 Å². The van der Waals surface area contributed by atoms with E-state index >= 15 is 0 Å². The van der Waals surface area contributed by atoms with Crippen LogP contribution >= 0.6 is 0 Å². The number of aliphatic carboxylic acids is 1. The average molecular weight is 376 g/mol. The molecule has 0 saturated heterocycles. The number of carbonyl (C=O) groups is 1. The Balaban J connectivity index is 1.74. The molecule has 2 aromatic rings. The Kier molecular flexibility index (Phi) is 6.21. The average Bonchev–Trinajstić information content (AvgIpc) is 2.59. The lowest BCUT2D eigenvalue weighted by atomic mass is 9.86. The highest BCUT2D eigenvalue weighted by atomic mass is 19.1. The zero-order chi connectivity index (χ0) is 19.2. The molecule has 7 heteroatoms. The fourth-order valence-electron chi connectivity index (χ4n) is 2.93. The van der Waals surface area contributed by atoms with E-state index in [1.807, 2.05) is 0 Å². The van der Waals surface area contributed by atoms with Crippen molar-refractivity contribution in [3.63, 3.8) is 0 Å². The number of benzene rings is 1. The van der Waals surface area contributed by atoms with Crippen LogP contribution in [0.1, 0.15) is 32.1 Å². The van der Waals surface area contributed by atoms with Gasteiger partial charge in [0.1, 0.15) is 17.3 Å². The van der Waals surface area contributed by atoms with Crippen LogP contribution in [0.2, 0.25) is 0 Å². The van der Waals surface area contributed by atoms with Gasteiger partial charge in [-0.25, -0.2) is 13.8 Å². The van der Waals surface area contributed by atoms with Crippen molar-refractivity contribution in [1.29, 1.82) is 0 Å². The van der Waals surface area contributed by atoms with Crippen LogP contribution in [-0.4, -0.2) is 29.2 Å². The zero-order valence-electron chi connectivity index (χ0n) is 14.9. The summed E-state index contributed by atoms with van der Waals surface area (Å²) in [4.78, 5) is 14.7. The zero-order valence-corrected chi connectivity index (χ0v) is 14.9. The summed E-state index contributed by atoms with van der Waals surface area (Å²) in [5, 5.41) is 11.2. The van der Waals surface area contributed by atoms with Gasteiger partial charge in [0.15, 0.2) is 0 Å². The molecule has 2 N–H and O–H groups in total. The second kappa shape index (κ2) is 8.79. The lowest BCUT2D eigenvalue weighted by molar-refractivity contribution is -0.137. The molecule has 0 radical (unpaired) electrons. The van der Waals surface area contributed by atoms with Crippen LogP contribution < -0.4 is 10.1 Å². The number of hydrogen-bond donors (Lipinski definition) is 2. The minimum absolute atomic E-state index is 0.0638. The van der Waals surface area contributed by atoms with Gasteiger partial charge in [-0.2, -0.15) is 0 Å². The summed E-state index contributed by atoms with van der Waals surface area (Å²) >= 11 is 0. The van der Waals surface area contributed by atoms with Gasteiger partial charge in [0.25, 0.3) is 0 Å². The van der Waals surface area contributed by atoms with Crippen molar-refractivity contribution in [1.82, 2.24) is 4.98 Å². The number of pyridine rings is 1. The predicted molar refractivity (Wildman–Crippen MR) is 97.8 cm³/mol. The first-order chi connectivity index (χ1) is 13.0. The van der Waals surface area contributed by atoms with E-state index in [2.05, 4.69) is 10.3 Å². The molecular weight excluding hydrogens is 354 g/mol. The fourth-order valence-corrected chi connectivity index (χ4v) is 2.93. The molecule has 0 atom stereocenters. The van der Waals surface area contributed by atoms with Crippen molar-refractivity contribution in [3.05, 3.63) is 42.1 Å². The van der Waals surface area contributed by atoms with E-state index in [1.165, 1.54) is 18.6 Å². The number of rotatable bonds is 9. The maximum atomic E-state index is 14.4. The lowest BCUT2D eigenvalue weighted by Gasteiger charge is -2.25. The van der Waals surface area contributed by atoms with Gasteiger partial charge in [-0.1, -0.05) is 6.42 Å². The van der Waals surface area contributed by atoms with Crippen LogP contribution in [0.3, 0.4) is 0 Å². The van der Waals surface area contributed by atoms with Crippen molar-refractivity contribution in [2.45, 2.75) is 32.1 Å². The maximum absolute atomic E-state index is 14.4. The predicted octanol–water partition coefficient (Wildman–Crippen LogP) is 4.48. The Bertz CT molecular complexity index is 787. The molecule has 5 nitrogen and oxygen atoms in total. The molecule has 1 aliphatic rings. The molecule has 0 spiro atoms. The quantitative estimate of drug-likeness (QED) is 0.631. The van der Waals surface area contributed by atoms with E-state index in [9.17, 15) is 13.6 Å². The number of ether oxygens (including phenoxy) is 1. The van der Waals surface area contributed by atoms with E-state index in [0.29, 0.717) is 29.5 Å². The maximum Gasteiger partial charge on any atom is 0.303 e. The van der Waals surface area contributed by atoms with Crippen LogP contribution in [0.5, 0.6) is 5.88 Å². The molecule has 0 aliphatic heterocycles. The number of nitrogens with zero attached hydrogens (tertiary/aromatic N) is 1. The summed E-state index contributed by atoms with van der Waals surface area (Å²) in [6.45, 7) is 0.723. The lowest BCUT2D eigenvalue weighted by Crippen LogP contribution is -2.19. The third-order valence-electron chi connectivity index (χ3n) is 4.67. The molecular formula is C20H22F2N2O3. The Morgan fingerprint density at radius 3 is 2.67 bits per heavy atom. The van der Waals surface area contributed by atoms with Crippen molar-refractivity contribution >= 4 is 11.7 Å². The van der Waals surface area contributed by atoms with Gasteiger partial charge in [-0.15, -0.1) is 0 Å². The molecule has 1 fully saturated rings. The molecule has 1 heterocycles. The van der Waals surface area contributed by atoms with Crippen molar-refractivity contribution in [2.24, 2.45) is 5.92 Å². The second-order valence-electron chi connectivity index (χ2n) is 6.70. The Labute approximate surface area is 156 Å². The van der Waals surface area contributed by atoms with Crippen LogP contribution in [0, 0.1) is 17.6 Å². The summed E-state index contributed by atoms with van der Waals surface area (Å²) in [7, 11) is 0. The molecule has 3 rings (SSSR count). The Morgan fingerprint density at radius 2 is 2.04 bits per heavy atom. The molecule has 1 aliphatic carbocycles. The molecule has 144 valence electrons. The largest absolute Gasteiger partial charge is 0.481 e. The first-order valence-electron chi connectivity index (χ1n) is 9.07. The van der Waals surface area contributed by atoms with Gasteiger partial charge in [0.05, 0.1) is 6.61 Å². The van der Waals surface area contributed by atoms with E-state index < -0.39 is 17.6 Å². The van der Waals surface area contributed by atoms with Crippen LogP contribution in [0.15, 0.2) is 30.5 Å². The summed E-state index contributed by atoms with van der Waals surface area (Å²) in [5.41, 5.74) is 0.620. The van der Waals surface area contributed by atoms with Gasteiger partial charge in [-0.05, 0) is 55.0 Å². The second-order valence-corrected chi connectivity index (χ2v) is 6.70. The standard InChI is InChI=1S/C20H22F2N2O3/c21-16-10-14(11-17(22)19(16)23-8-3-7-18(25)26)15-6-2-9-24-20(15)27-12-13-4-1-5-13/h2,6,9-11,13,23H,1,3-5,7-8,12H2,(H,25,26). The van der Waals surface area contributed by atoms with Crippen LogP contribution in [0.25, 0.3) is 11.1 Å². The highest BCUT2D eigenvalue weighted by Gasteiger charge is 2.20. The van der Waals surface area contributed by atoms with Gasteiger partial charge < -0.3 is 15.2 Å². The Morgan fingerprint density at radius 1 is 1.30 bits per heavy atom. The van der Waals surface area contributed by atoms with E-state index in [-0.39, 0.29) is 25.1 Å². The summed E-state index contributed by atoms with van der Waals surface area (Å²) < 4.78 is 34.6. The number of aromatic nitrogens is 1. The number of nitrogens with one attached hydrogen (secondary N) is 1. The number of carboxylic acid groups (broad SMARTS) is 1. The SMILES string of the molecule is O=C(O)CCCNc1c(F)cc(-c2cccnc2OCC2CCC2)cc1F. The molecule has 1 saturated carbocycles. The minimum atomic E-state index is -0.945. The van der Waals surface area contributed by atoms with Gasteiger partial charge in [0, 0.05) is 24.7 Å². The van der Waals surface area contributed by atoms with E-state index in [4.69, 9.17) is 9.84 Å². The smallest absolute Gasteiger partial charge is 0.303 e. The first kappa shape index (κ1) is 19.1. The summed E-state index contributed by atoms with van der Waals surface area (Å²) in [5.74, 6) is -1.54. The molecule has 0 unspecified atom stereocenters. The monoisotopic (exact) mass is 376 g/mol. The minimum Gasteiger partial charge on any atom is -0.481 e. The Hall–Kier alpha value is -2.70. The van der Waals surface area contributed by atoms with Crippen LogP contribution in [-0.2, 0) is 4.79 Å².